The first kappa shape index (κ1) is 29.1. The molecule has 0 aromatic heterocycles. The van der Waals surface area contributed by atoms with Crippen LogP contribution in [-0.4, -0.2) is 81.2 Å². The SMILES string of the molecule is CNC[C@H](CC1CCC(O)CC1)NC(=O)N1CCC[C@@H](C(OCCNC(=O)OC)c2cccc(F)c2)C1. The van der Waals surface area contributed by atoms with Gasteiger partial charge in [-0.05, 0) is 75.6 Å². The third-order valence-corrected chi connectivity index (χ3v) is 7.42. The minimum atomic E-state index is -0.535. The number of hydrogen-bond acceptors (Lipinski definition) is 6. The van der Waals surface area contributed by atoms with Gasteiger partial charge in [0.25, 0.3) is 0 Å². The summed E-state index contributed by atoms with van der Waals surface area (Å²) < 4.78 is 24.8. The molecule has 10 heteroatoms. The highest BCUT2D eigenvalue weighted by molar-refractivity contribution is 5.74. The van der Waals surface area contributed by atoms with Crippen LogP contribution in [0.5, 0.6) is 0 Å². The van der Waals surface area contributed by atoms with E-state index < -0.39 is 12.2 Å². The number of ether oxygens (including phenoxy) is 2. The molecule has 1 saturated carbocycles. The van der Waals surface area contributed by atoms with Crippen molar-refractivity contribution in [2.24, 2.45) is 11.8 Å². The maximum absolute atomic E-state index is 14.0. The van der Waals surface area contributed by atoms with Crippen molar-refractivity contribution in [2.75, 3.05) is 46.9 Å². The number of carbonyl (C=O) groups is 2. The van der Waals surface area contributed by atoms with Gasteiger partial charge in [-0.3, -0.25) is 0 Å². The van der Waals surface area contributed by atoms with Crippen molar-refractivity contribution in [3.8, 4) is 0 Å². The molecular formula is C27H43FN4O5. The number of benzene rings is 1. The number of aliphatic hydroxyl groups excluding tert-OH is 1. The molecule has 208 valence electrons. The van der Waals surface area contributed by atoms with Crippen LogP contribution in [0.15, 0.2) is 24.3 Å². The van der Waals surface area contributed by atoms with Gasteiger partial charge in [-0.1, -0.05) is 12.1 Å². The van der Waals surface area contributed by atoms with E-state index >= 15 is 0 Å². The zero-order valence-electron chi connectivity index (χ0n) is 22.1. The molecule has 1 aliphatic heterocycles. The van der Waals surface area contributed by atoms with Crippen LogP contribution in [0, 0.1) is 17.7 Å². The molecule has 3 atom stereocenters. The number of likely N-dealkylation sites (tertiary alicyclic amines) is 1. The predicted molar refractivity (Wildman–Crippen MR) is 139 cm³/mol. The van der Waals surface area contributed by atoms with E-state index in [-0.39, 0.29) is 43.1 Å². The van der Waals surface area contributed by atoms with E-state index in [1.165, 1.54) is 19.2 Å². The second kappa shape index (κ2) is 15.1. The number of carbonyl (C=O) groups excluding carboxylic acids is 2. The van der Waals surface area contributed by atoms with Gasteiger partial charge in [-0.15, -0.1) is 0 Å². The molecule has 0 radical (unpaired) electrons. The zero-order valence-corrected chi connectivity index (χ0v) is 22.1. The van der Waals surface area contributed by atoms with Crippen LogP contribution in [-0.2, 0) is 9.47 Å². The first-order chi connectivity index (χ1) is 17.9. The molecule has 9 nitrogen and oxygen atoms in total. The van der Waals surface area contributed by atoms with Gasteiger partial charge in [0.05, 0.1) is 25.9 Å². The average molecular weight is 523 g/mol. The Hall–Kier alpha value is -2.43. The standard InChI is InChI=1S/C27H43FN4O5/c1-29-17-23(15-19-8-10-24(33)11-9-19)31-26(34)32-13-4-6-21(18-32)25(20-5-3-7-22(28)16-20)37-14-12-30-27(35)36-2/h3,5,7,16,19,21,23-25,29,33H,4,6,8-15,17-18H2,1-2H3,(H,30,35)(H,31,34)/t19?,21-,23+,24?,25?/m1/s1. The fourth-order valence-electron chi connectivity index (χ4n) is 5.53. The van der Waals surface area contributed by atoms with E-state index in [2.05, 4.69) is 20.7 Å². The Morgan fingerprint density at radius 1 is 1.22 bits per heavy atom. The Labute approximate surface area is 219 Å². The quantitative estimate of drug-likeness (QED) is 0.332. The Morgan fingerprint density at radius 2 is 2.00 bits per heavy atom. The summed E-state index contributed by atoms with van der Waals surface area (Å²) in [5.41, 5.74) is 0.720. The molecule has 0 bridgehead atoms. The molecule has 2 aliphatic rings. The lowest BCUT2D eigenvalue weighted by Gasteiger charge is -2.38. The smallest absolute Gasteiger partial charge is 0.406 e. The number of nitrogens with zero attached hydrogens (tertiary/aromatic N) is 1. The molecule has 3 rings (SSSR count). The third kappa shape index (κ3) is 9.43. The number of hydrogen-bond donors (Lipinski definition) is 4. The normalized spacial score (nSPS) is 23.7. The number of urea groups is 1. The molecule has 1 aromatic rings. The maximum Gasteiger partial charge on any atom is 0.406 e. The molecule has 1 saturated heterocycles. The summed E-state index contributed by atoms with van der Waals surface area (Å²) in [4.78, 5) is 26.5. The van der Waals surface area contributed by atoms with Crippen LogP contribution in [0.3, 0.4) is 0 Å². The van der Waals surface area contributed by atoms with Crippen molar-refractivity contribution in [3.05, 3.63) is 35.6 Å². The van der Waals surface area contributed by atoms with E-state index in [4.69, 9.17) is 4.74 Å². The molecule has 1 heterocycles. The molecular weight excluding hydrogens is 479 g/mol. The van der Waals surface area contributed by atoms with Gasteiger partial charge >= 0.3 is 12.1 Å². The largest absolute Gasteiger partial charge is 0.453 e. The highest BCUT2D eigenvalue weighted by Crippen LogP contribution is 2.33. The van der Waals surface area contributed by atoms with Gasteiger partial charge in [0.1, 0.15) is 5.82 Å². The number of methoxy groups -OCH3 is 1. The van der Waals surface area contributed by atoms with Crippen molar-refractivity contribution in [3.63, 3.8) is 0 Å². The van der Waals surface area contributed by atoms with Crippen LogP contribution >= 0.6 is 0 Å². The molecule has 1 aliphatic carbocycles. The zero-order chi connectivity index (χ0) is 26.6. The highest BCUT2D eigenvalue weighted by atomic mass is 19.1. The van der Waals surface area contributed by atoms with Crippen LogP contribution in [0.25, 0.3) is 0 Å². The molecule has 2 fully saturated rings. The first-order valence-corrected chi connectivity index (χ1v) is 13.5. The van der Waals surface area contributed by atoms with Crippen LogP contribution in [0.2, 0.25) is 0 Å². The summed E-state index contributed by atoms with van der Waals surface area (Å²) in [7, 11) is 3.19. The lowest BCUT2D eigenvalue weighted by molar-refractivity contribution is -0.00882. The highest BCUT2D eigenvalue weighted by Gasteiger charge is 2.32. The van der Waals surface area contributed by atoms with Crippen molar-refractivity contribution in [2.45, 2.75) is 63.2 Å². The summed E-state index contributed by atoms with van der Waals surface area (Å²) in [5, 5.41) is 18.8. The molecule has 3 amide bonds. The van der Waals surface area contributed by atoms with Gasteiger partial charge in [-0.25, -0.2) is 14.0 Å². The number of aliphatic hydroxyl groups is 1. The monoisotopic (exact) mass is 522 g/mol. The van der Waals surface area contributed by atoms with E-state index in [1.54, 1.807) is 6.07 Å². The number of halogens is 1. The first-order valence-electron chi connectivity index (χ1n) is 13.5. The van der Waals surface area contributed by atoms with E-state index in [0.29, 0.717) is 25.6 Å². The van der Waals surface area contributed by atoms with Gasteiger partial charge in [0.15, 0.2) is 0 Å². The molecule has 37 heavy (non-hydrogen) atoms. The lowest BCUT2D eigenvalue weighted by atomic mass is 9.83. The van der Waals surface area contributed by atoms with Crippen LogP contribution in [0.4, 0.5) is 14.0 Å². The second-order valence-electron chi connectivity index (χ2n) is 10.2. The third-order valence-electron chi connectivity index (χ3n) is 7.42. The number of piperidine rings is 1. The van der Waals surface area contributed by atoms with E-state index in [0.717, 1.165) is 50.5 Å². The van der Waals surface area contributed by atoms with Crippen LogP contribution < -0.4 is 16.0 Å². The van der Waals surface area contributed by atoms with Crippen molar-refractivity contribution >= 4 is 12.1 Å². The van der Waals surface area contributed by atoms with E-state index in [9.17, 15) is 19.1 Å². The fraction of sp³-hybridized carbons (Fsp3) is 0.704. The number of rotatable bonds is 11. The maximum atomic E-state index is 14.0. The minimum absolute atomic E-state index is 0.0118. The molecule has 0 spiro atoms. The number of likely N-dealkylation sites (N-methyl/N-ethyl adjacent to an activating group) is 1. The molecule has 4 N–H and O–H groups in total. The summed E-state index contributed by atoms with van der Waals surface area (Å²) in [6.07, 6.45) is 5.05. The minimum Gasteiger partial charge on any atom is -0.453 e. The van der Waals surface area contributed by atoms with Gasteiger partial charge in [0.2, 0.25) is 0 Å². The molecule has 1 aromatic carbocycles. The van der Waals surface area contributed by atoms with Crippen molar-refractivity contribution < 1.29 is 28.6 Å². The van der Waals surface area contributed by atoms with Gasteiger partial charge < -0.3 is 35.4 Å². The Bertz CT molecular complexity index is 852. The van der Waals surface area contributed by atoms with Crippen molar-refractivity contribution in [1.82, 2.24) is 20.9 Å². The number of alkyl carbamates (subject to hydrolysis) is 1. The number of nitrogens with one attached hydrogen (secondary N) is 3. The summed E-state index contributed by atoms with van der Waals surface area (Å²) >= 11 is 0. The number of amides is 3. The summed E-state index contributed by atoms with van der Waals surface area (Å²) in [6, 6.07) is 6.29. The average Bonchev–Trinajstić information content (AvgIpc) is 2.90. The lowest BCUT2D eigenvalue weighted by Crippen LogP contribution is -2.52. The Kier molecular flexibility index (Phi) is 11.9. The van der Waals surface area contributed by atoms with E-state index in [1.807, 2.05) is 18.0 Å². The Morgan fingerprint density at radius 3 is 2.70 bits per heavy atom. The van der Waals surface area contributed by atoms with Gasteiger partial charge in [0, 0.05) is 38.1 Å². The summed E-state index contributed by atoms with van der Waals surface area (Å²) in [5.74, 6) is 0.150. The summed E-state index contributed by atoms with van der Waals surface area (Å²) in [6.45, 7) is 2.34. The Balaban J connectivity index is 1.61. The van der Waals surface area contributed by atoms with Gasteiger partial charge in [-0.2, -0.15) is 0 Å². The topological polar surface area (TPSA) is 112 Å². The van der Waals surface area contributed by atoms with Crippen molar-refractivity contribution in [1.29, 1.82) is 0 Å². The van der Waals surface area contributed by atoms with Crippen LogP contribution in [0.1, 0.15) is 56.6 Å². The fourth-order valence-corrected chi connectivity index (χ4v) is 5.53. The second-order valence-corrected chi connectivity index (χ2v) is 10.2. The predicted octanol–water partition coefficient (Wildman–Crippen LogP) is 3.19. The molecule has 1 unspecified atom stereocenters.